The van der Waals surface area contributed by atoms with Crippen LogP contribution in [0.15, 0.2) is 18.2 Å². The lowest BCUT2D eigenvalue weighted by Gasteiger charge is -2.38. The van der Waals surface area contributed by atoms with Gasteiger partial charge < -0.3 is 15.4 Å². The number of hydrogen-bond acceptors (Lipinski definition) is 4. The summed E-state index contributed by atoms with van der Waals surface area (Å²) in [7, 11) is 3.91. The van der Waals surface area contributed by atoms with Crippen LogP contribution >= 0.6 is 0 Å². The molecule has 106 valence electrons. The molecule has 0 amide bonds. The van der Waals surface area contributed by atoms with Crippen molar-refractivity contribution in [3.8, 4) is 5.75 Å². The molecule has 2 N–H and O–H groups in total. The SMILES string of the molecule is COc1ccc(CN)cc1CN1CCN(C)CC1C. The van der Waals surface area contributed by atoms with Crippen molar-refractivity contribution < 1.29 is 4.74 Å². The van der Waals surface area contributed by atoms with Crippen molar-refractivity contribution >= 4 is 0 Å². The number of piperazine rings is 1. The van der Waals surface area contributed by atoms with Crippen molar-refractivity contribution in [3.63, 3.8) is 0 Å². The first-order valence-corrected chi connectivity index (χ1v) is 6.92. The first-order chi connectivity index (χ1) is 9.13. The molecule has 1 saturated heterocycles. The lowest BCUT2D eigenvalue weighted by molar-refractivity contribution is 0.0931. The van der Waals surface area contributed by atoms with E-state index >= 15 is 0 Å². The summed E-state index contributed by atoms with van der Waals surface area (Å²) in [6, 6.07) is 6.81. The molecule has 2 rings (SSSR count). The number of nitrogens with zero attached hydrogens (tertiary/aromatic N) is 2. The number of benzene rings is 1. The summed E-state index contributed by atoms with van der Waals surface area (Å²) in [4.78, 5) is 4.90. The van der Waals surface area contributed by atoms with Crippen LogP contribution in [-0.4, -0.2) is 49.6 Å². The first-order valence-electron chi connectivity index (χ1n) is 6.92. The third-order valence-corrected chi connectivity index (χ3v) is 3.92. The van der Waals surface area contributed by atoms with Crippen LogP contribution in [0.1, 0.15) is 18.1 Å². The van der Waals surface area contributed by atoms with Crippen molar-refractivity contribution in [2.75, 3.05) is 33.8 Å². The smallest absolute Gasteiger partial charge is 0.123 e. The van der Waals surface area contributed by atoms with Crippen molar-refractivity contribution in [2.24, 2.45) is 5.73 Å². The van der Waals surface area contributed by atoms with E-state index in [2.05, 4.69) is 29.8 Å². The molecule has 1 aromatic carbocycles. The molecule has 0 aliphatic carbocycles. The van der Waals surface area contributed by atoms with Crippen LogP contribution < -0.4 is 10.5 Å². The molecule has 1 atom stereocenters. The molecule has 1 aliphatic heterocycles. The lowest BCUT2D eigenvalue weighted by Crippen LogP contribution is -2.49. The molecule has 1 aliphatic rings. The average molecular weight is 263 g/mol. The van der Waals surface area contributed by atoms with Gasteiger partial charge in [0.2, 0.25) is 0 Å². The van der Waals surface area contributed by atoms with E-state index in [1.165, 1.54) is 5.56 Å². The van der Waals surface area contributed by atoms with Gasteiger partial charge in [-0.3, -0.25) is 4.90 Å². The van der Waals surface area contributed by atoms with Crippen LogP contribution in [0.2, 0.25) is 0 Å². The molecular weight excluding hydrogens is 238 g/mol. The fourth-order valence-corrected chi connectivity index (χ4v) is 2.71. The third-order valence-electron chi connectivity index (χ3n) is 3.92. The molecule has 1 fully saturated rings. The van der Waals surface area contributed by atoms with Crippen LogP contribution in [0.3, 0.4) is 0 Å². The summed E-state index contributed by atoms with van der Waals surface area (Å²) in [6.07, 6.45) is 0. The monoisotopic (exact) mass is 263 g/mol. The fraction of sp³-hybridized carbons (Fsp3) is 0.600. The molecule has 0 aromatic heterocycles. The number of likely N-dealkylation sites (N-methyl/N-ethyl adjacent to an activating group) is 1. The maximum Gasteiger partial charge on any atom is 0.123 e. The van der Waals surface area contributed by atoms with Crippen molar-refractivity contribution in [2.45, 2.75) is 26.1 Å². The predicted octanol–water partition coefficient (Wildman–Crippen LogP) is 1.29. The van der Waals surface area contributed by atoms with E-state index < -0.39 is 0 Å². The summed E-state index contributed by atoms with van der Waals surface area (Å²) < 4.78 is 5.46. The molecule has 4 nitrogen and oxygen atoms in total. The summed E-state index contributed by atoms with van der Waals surface area (Å²) in [5.74, 6) is 0.961. The maximum absolute atomic E-state index is 5.73. The zero-order valence-electron chi connectivity index (χ0n) is 12.2. The minimum atomic E-state index is 0.574. The molecular formula is C15H25N3O. The Morgan fingerprint density at radius 1 is 1.37 bits per heavy atom. The first kappa shape index (κ1) is 14.3. The van der Waals surface area contributed by atoms with Crippen molar-refractivity contribution in [1.29, 1.82) is 0 Å². The Bertz CT molecular complexity index is 422. The lowest BCUT2D eigenvalue weighted by atomic mass is 10.1. The minimum Gasteiger partial charge on any atom is -0.496 e. The Kier molecular flexibility index (Phi) is 4.80. The number of nitrogens with two attached hydrogens (primary N) is 1. The van der Waals surface area contributed by atoms with Crippen LogP contribution in [0, 0.1) is 0 Å². The van der Waals surface area contributed by atoms with E-state index in [4.69, 9.17) is 10.5 Å². The van der Waals surface area contributed by atoms with Gasteiger partial charge in [-0.25, -0.2) is 0 Å². The van der Waals surface area contributed by atoms with E-state index in [1.54, 1.807) is 7.11 Å². The Hall–Kier alpha value is -1.10. The van der Waals surface area contributed by atoms with E-state index in [9.17, 15) is 0 Å². The van der Waals surface area contributed by atoms with Crippen LogP contribution in [0.4, 0.5) is 0 Å². The standard InChI is InChI=1S/C15H25N3O/c1-12-10-17(2)6-7-18(12)11-14-8-13(9-16)4-5-15(14)19-3/h4-5,8,12H,6-7,9-11,16H2,1-3H3. The molecule has 19 heavy (non-hydrogen) atoms. The number of ether oxygens (including phenoxy) is 1. The van der Waals surface area contributed by atoms with E-state index in [-0.39, 0.29) is 0 Å². The molecule has 1 aromatic rings. The van der Waals surface area contributed by atoms with Gasteiger partial charge in [0.25, 0.3) is 0 Å². The van der Waals surface area contributed by atoms with Crippen LogP contribution in [0.5, 0.6) is 5.75 Å². The molecule has 1 heterocycles. The molecule has 0 bridgehead atoms. The van der Waals surface area contributed by atoms with Crippen LogP contribution in [-0.2, 0) is 13.1 Å². The normalized spacial score (nSPS) is 21.6. The number of methoxy groups -OCH3 is 1. The van der Waals surface area contributed by atoms with E-state index in [0.717, 1.165) is 37.5 Å². The average Bonchev–Trinajstić information content (AvgIpc) is 2.41. The largest absolute Gasteiger partial charge is 0.496 e. The predicted molar refractivity (Wildman–Crippen MR) is 78.3 cm³/mol. The highest BCUT2D eigenvalue weighted by atomic mass is 16.5. The highest BCUT2D eigenvalue weighted by molar-refractivity contribution is 5.37. The van der Waals surface area contributed by atoms with Gasteiger partial charge in [0, 0.05) is 44.3 Å². The van der Waals surface area contributed by atoms with Gasteiger partial charge in [-0.15, -0.1) is 0 Å². The fourth-order valence-electron chi connectivity index (χ4n) is 2.71. The molecule has 4 heteroatoms. The molecule has 0 radical (unpaired) electrons. The van der Waals surface area contributed by atoms with Gasteiger partial charge in [-0.05, 0) is 31.7 Å². The summed E-state index contributed by atoms with van der Waals surface area (Å²) in [5.41, 5.74) is 8.13. The highest BCUT2D eigenvalue weighted by Gasteiger charge is 2.22. The second kappa shape index (κ2) is 6.37. The number of hydrogen-bond donors (Lipinski definition) is 1. The van der Waals surface area contributed by atoms with E-state index in [0.29, 0.717) is 12.6 Å². The quantitative estimate of drug-likeness (QED) is 0.889. The van der Waals surface area contributed by atoms with Gasteiger partial charge in [0.15, 0.2) is 0 Å². The Balaban J connectivity index is 2.13. The van der Waals surface area contributed by atoms with Crippen molar-refractivity contribution in [3.05, 3.63) is 29.3 Å². The second-order valence-corrected chi connectivity index (χ2v) is 5.43. The van der Waals surface area contributed by atoms with Gasteiger partial charge >= 0.3 is 0 Å². The number of rotatable bonds is 4. The highest BCUT2D eigenvalue weighted by Crippen LogP contribution is 2.23. The summed E-state index contributed by atoms with van der Waals surface area (Å²) in [5, 5.41) is 0. The Morgan fingerprint density at radius 2 is 2.16 bits per heavy atom. The Morgan fingerprint density at radius 3 is 2.79 bits per heavy atom. The Labute approximate surface area is 116 Å². The third kappa shape index (κ3) is 3.47. The van der Waals surface area contributed by atoms with Crippen LogP contribution in [0.25, 0.3) is 0 Å². The van der Waals surface area contributed by atoms with Gasteiger partial charge in [-0.1, -0.05) is 6.07 Å². The zero-order valence-corrected chi connectivity index (χ0v) is 12.2. The topological polar surface area (TPSA) is 41.7 Å². The summed E-state index contributed by atoms with van der Waals surface area (Å²) >= 11 is 0. The molecule has 0 spiro atoms. The second-order valence-electron chi connectivity index (χ2n) is 5.43. The maximum atomic E-state index is 5.73. The van der Waals surface area contributed by atoms with E-state index in [1.807, 2.05) is 12.1 Å². The van der Waals surface area contributed by atoms with Gasteiger partial charge in [0.05, 0.1) is 7.11 Å². The summed E-state index contributed by atoms with van der Waals surface area (Å²) in [6.45, 7) is 7.16. The van der Waals surface area contributed by atoms with Gasteiger partial charge in [0.1, 0.15) is 5.75 Å². The molecule has 0 saturated carbocycles. The molecule has 1 unspecified atom stereocenters. The van der Waals surface area contributed by atoms with Crippen molar-refractivity contribution in [1.82, 2.24) is 9.80 Å². The van der Waals surface area contributed by atoms with Gasteiger partial charge in [-0.2, -0.15) is 0 Å². The zero-order chi connectivity index (χ0) is 13.8. The minimum absolute atomic E-state index is 0.574.